The zero-order valence-electron chi connectivity index (χ0n) is 15.5. The molecule has 3 aromatic heterocycles. The summed E-state index contributed by atoms with van der Waals surface area (Å²) >= 11 is 12.5. The molecule has 1 atom stereocenters. The first kappa shape index (κ1) is 18.1. The first-order valence-electron chi connectivity index (χ1n) is 8.96. The highest BCUT2D eigenvalue weighted by Gasteiger charge is 2.34. The van der Waals surface area contributed by atoms with Crippen LogP contribution in [0.3, 0.4) is 0 Å². The number of carbonyl (C=O) groups excluding carboxylic acids is 1. The van der Waals surface area contributed by atoms with Crippen molar-refractivity contribution < 1.29 is 4.79 Å². The Morgan fingerprint density at radius 2 is 1.93 bits per heavy atom. The fraction of sp³-hybridized carbons (Fsp3) is 0.211. The number of benzene rings is 1. The van der Waals surface area contributed by atoms with E-state index in [1.165, 1.54) is 0 Å². The van der Waals surface area contributed by atoms with E-state index in [1.54, 1.807) is 27.4 Å². The van der Waals surface area contributed by atoms with Crippen LogP contribution in [-0.4, -0.2) is 35.5 Å². The summed E-state index contributed by atoms with van der Waals surface area (Å²) in [4.78, 5) is 12.5. The monoisotopic (exact) mass is 427 g/mol. The Labute approximate surface area is 175 Å². The first-order valence-corrected chi connectivity index (χ1v) is 9.71. The third-order valence-corrected chi connectivity index (χ3v) is 5.62. The molecule has 4 aromatic rings. The van der Waals surface area contributed by atoms with Gasteiger partial charge < -0.3 is 5.32 Å². The lowest BCUT2D eigenvalue weighted by molar-refractivity contribution is -0.116. The van der Waals surface area contributed by atoms with Gasteiger partial charge in [0.05, 0.1) is 5.69 Å². The molecule has 5 rings (SSSR count). The van der Waals surface area contributed by atoms with Gasteiger partial charge >= 0.3 is 0 Å². The second kappa shape index (κ2) is 6.53. The molecule has 8 nitrogen and oxygen atoms in total. The van der Waals surface area contributed by atoms with Crippen molar-refractivity contribution in [2.45, 2.75) is 26.2 Å². The quantitative estimate of drug-likeness (QED) is 0.526. The SMILES string of the molecule is Cc1nn(-c2ccc3nnc(C)n3n2)c2c1[C@@H](c1ccc(Cl)cc1Cl)CC(=O)N2. The summed E-state index contributed by atoms with van der Waals surface area (Å²) in [6.45, 7) is 3.73. The largest absolute Gasteiger partial charge is 0.310 e. The average molecular weight is 428 g/mol. The van der Waals surface area contributed by atoms with Crippen molar-refractivity contribution in [3.8, 4) is 5.82 Å². The first-order chi connectivity index (χ1) is 13.9. The van der Waals surface area contributed by atoms with Crippen LogP contribution in [0, 0.1) is 13.8 Å². The third kappa shape index (κ3) is 2.87. The molecule has 0 unspecified atom stereocenters. The van der Waals surface area contributed by atoms with Crippen LogP contribution in [0.1, 0.15) is 35.0 Å². The highest BCUT2D eigenvalue weighted by atomic mass is 35.5. The Morgan fingerprint density at radius 1 is 1.10 bits per heavy atom. The van der Waals surface area contributed by atoms with E-state index >= 15 is 0 Å². The number of halogens is 2. The molecule has 0 saturated heterocycles. The highest BCUT2D eigenvalue weighted by molar-refractivity contribution is 6.35. The van der Waals surface area contributed by atoms with E-state index in [-0.39, 0.29) is 18.2 Å². The van der Waals surface area contributed by atoms with Gasteiger partial charge in [0.25, 0.3) is 0 Å². The minimum Gasteiger partial charge on any atom is -0.310 e. The van der Waals surface area contributed by atoms with Gasteiger partial charge in [-0.05, 0) is 43.7 Å². The number of fused-ring (bicyclic) bond motifs is 2. The van der Waals surface area contributed by atoms with Crippen LogP contribution in [0.15, 0.2) is 30.3 Å². The lowest BCUT2D eigenvalue weighted by atomic mass is 9.86. The summed E-state index contributed by atoms with van der Waals surface area (Å²) in [5.41, 5.74) is 3.18. The number of nitrogens with zero attached hydrogens (tertiary/aromatic N) is 6. The summed E-state index contributed by atoms with van der Waals surface area (Å²) in [7, 11) is 0. The number of aryl methyl sites for hydroxylation is 2. The number of carbonyl (C=O) groups is 1. The Hall–Kier alpha value is -2.97. The second-order valence-electron chi connectivity index (χ2n) is 6.94. The minimum atomic E-state index is -0.224. The van der Waals surface area contributed by atoms with Crippen LogP contribution >= 0.6 is 23.2 Å². The molecule has 10 heteroatoms. The molecule has 146 valence electrons. The molecule has 29 heavy (non-hydrogen) atoms. The number of nitrogens with one attached hydrogen (secondary N) is 1. The van der Waals surface area contributed by atoms with E-state index < -0.39 is 0 Å². The Balaban J connectivity index is 1.69. The lowest BCUT2D eigenvalue weighted by Crippen LogP contribution is -2.25. The van der Waals surface area contributed by atoms with E-state index in [0.717, 1.165) is 16.8 Å². The van der Waals surface area contributed by atoms with Crippen LogP contribution in [0.25, 0.3) is 11.5 Å². The van der Waals surface area contributed by atoms with Gasteiger partial charge in [0.2, 0.25) is 5.91 Å². The highest BCUT2D eigenvalue weighted by Crippen LogP contribution is 2.42. The van der Waals surface area contributed by atoms with Crippen molar-refractivity contribution in [1.82, 2.24) is 29.6 Å². The summed E-state index contributed by atoms with van der Waals surface area (Å²) in [5.74, 6) is 1.46. The Kier molecular flexibility index (Phi) is 4.07. The zero-order valence-corrected chi connectivity index (χ0v) is 17.0. The predicted octanol–water partition coefficient (Wildman–Crippen LogP) is 3.71. The van der Waals surface area contributed by atoms with E-state index in [9.17, 15) is 4.79 Å². The molecular weight excluding hydrogens is 413 g/mol. The van der Waals surface area contributed by atoms with Crippen LogP contribution in [0.5, 0.6) is 0 Å². The molecule has 0 fully saturated rings. The molecule has 1 N–H and O–H groups in total. The minimum absolute atomic E-state index is 0.115. The fourth-order valence-electron chi connectivity index (χ4n) is 3.76. The standard InChI is InChI=1S/C19H15Cl2N7O/c1-9-18-13(12-4-3-11(20)7-14(12)21)8-17(29)22-19(18)28(25-9)16-6-5-15-24-23-10(2)27(15)26-16/h3-7,13H,8H2,1-2H3,(H,22,29)/t13-/m1/s1. The molecule has 0 bridgehead atoms. The topological polar surface area (TPSA) is 90.0 Å². The summed E-state index contributed by atoms with van der Waals surface area (Å²) in [6.07, 6.45) is 0.276. The normalized spacial score (nSPS) is 16.1. The number of anilines is 1. The van der Waals surface area contributed by atoms with Gasteiger partial charge in [0, 0.05) is 27.9 Å². The van der Waals surface area contributed by atoms with Gasteiger partial charge in [-0.2, -0.15) is 14.3 Å². The van der Waals surface area contributed by atoms with Crippen molar-refractivity contribution in [3.63, 3.8) is 0 Å². The Morgan fingerprint density at radius 3 is 2.72 bits per heavy atom. The average Bonchev–Trinajstić information content (AvgIpc) is 3.21. The molecular formula is C19H15Cl2N7O. The van der Waals surface area contributed by atoms with Gasteiger partial charge in [-0.25, -0.2) is 0 Å². The molecule has 0 saturated carbocycles. The summed E-state index contributed by atoms with van der Waals surface area (Å²) in [6, 6.07) is 8.93. The van der Waals surface area contributed by atoms with E-state index in [2.05, 4.69) is 25.7 Å². The van der Waals surface area contributed by atoms with Crippen molar-refractivity contribution in [1.29, 1.82) is 0 Å². The molecule has 0 aliphatic carbocycles. The van der Waals surface area contributed by atoms with Crippen LogP contribution in [0.2, 0.25) is 10.0 Å². The number of hydrogen-bond donors (Lipinski definition) is 1. The maximum Gasteiger partial charge on any atom is 0.226 e. The second-order valence-corrected chi connectivity index (χ2v) is 7.78. The molecule has 1 aliphatic heterocycles. The van der Waals surface area contributed by atoms with E-state index in [0.29, 0.717) is 33.2 Å². The molecule has 1 aliphatic rings. The van der Waals surface area contributed by atoms with Crippen LogP contribution in [0.4, 0.5) is 5.82 Å². The van der Waals surface area contributed by atoms with Gasteiger partial charge in [-0.3, -0.25) is 4.79 Å². The number of aromatic nitrogens is 6. The van der Waals surface area contributed by atoms with E-state index in [1.807, 2.05) is 26.0 Å². The van der Waals surface area contributed by atoms with Crippen molar-refractivity contribution in [2.24, 2.45) is 0 Å². The number of rotatable bonds is 2. The molecule has 0 spiro atoms. The van der Waals surface area contributed by atoms with Gasteiger partial charge in [0.1, 0.15) is 5.82 Å². The zero-order chi connectivity index (χ0) is 20.3. The fourth-order valence-corrected chi connectivity index (χ4v) is 4.30. The molecule has 1 amide bonds. The lowest BCUT2D eigenvalue weighted by Gasteiger charge is -2.25. The maximum absolute atomic E-state index is 12.5. The van der Waals surface area contributed by atoms with E-state index in [4.69, 9.17) is 23.2 Å². The van der Waals surface area contributed by atoms with Gasteiger partial charge in [-0.15, -0.1) is 15.3 Å². The number of hydrogen-bond acceptors (Lipinski definition) is 5. The molecule has 1 aromatic carbocycles. The predicted molar refractivity (Wildman–Crippen MR) is 109 cm³/mol. The van der Waals surface area contributed by atoms with Crippen molar-refractivity contribution in [3.05, 3.63) is 63.0 Å². The Bertz CT molecular complexity index is 1290. The maximum atomic E-state index is 12.5. The van der Waals surface area contributed by atoms with Gasteiger partial charge in [-0.1, -0.05) is 29.3 Å². The summed E-state index contributed by atoms with van der Waals surface area (Å²) in [5, 5.41) is 21.3. The summed E-state index contributed by atoms with van der Waals surface area (Å²) < 4.78 is 3.27. The van der Waals surface area contributed by atoms with Crippen LogP contribution in [-0.2, 0) is 4.79 Å². The number of amides is 1. The van der Waals surface area contributed by atoms with Crippen LogP contribution < -0.4 is 5.32 Å². The molecule has 4 heterocycles. The molecule has 0 radical (unpaired) electrons. The third-order valence-electron chi connectivity index (χ3n) is 5.06. The van der Waals surface area contributed by atoms with Crippen molar-refractivity contribution >= 4 is 40.6 Å². The van der Waals surface area contributed by atoms with Crippen molar-refractivity contribution in [2.75, 3.05) is 5.32 Å². The van der Waals surface area contributed by atoms with Gasteiger partial charge in [0.15, 0.2) is 17.3 Å². The smallest absolute Gasteiger partial charge is 0.226 e.